The van der Waals surface area contributed by atoms with E-state index in [9.17, 15) is 14.7 Å². The Balaban J connectivity index is 2.52. The lowest BCUT2D eigenvalue weighted by molar-refractivity contribution is -0.146. The van der Waals surface area contributed by atoms with Gasteiger partial charge in [0.1, 0.15) is 5.54 Å². The number of carbonyl (C=O) groups excluding carboxylic acids is 1. The molecule has 18 heavy (non-hydrogen) atoms. The summed E-state index contributed by atoms with van der Waals surface area (Å²) in [6.07, 6.45) is 3.33. The van der Waals surface area contributed by atoms with E-state index in [1.165, 1.54) is 0 Å². The number of carboxylic acids is 1. The minimum Gasteiger partial charge on any atom is -0.480 e. The van der Waals surface area contributed by atoms with Crippen molar-refractivity contribution in [1.82, 2.24) is 10.6 Å². The molecule has 1 rings (SSSR count). The van der Waals surface area contributed by atoms with Crippen LogP contribution < -0.4 is 16.4 Å². The zero-order chi connectivity index (χ0) is 13.6. The number of rotatable bonds is 5. The minimum atomic E-state index is -1.10. The number of urea groups is 1. The minimum absolute atomic E-state index is 0.416. The molecular weight excluding hydrogens is 234 g/mol. The van der Waals surface area contributed by atoms with Gasteiger partial charge >= 0.3 is 12.0 Å². The third-order valence-corrected chi connectivity index (χ3v) is 3.56. The van der Waals surface area contributed by atoms with E-state index in [-0.39, 0.29) is 0 Å². The van der Waals surface area contributed by atoms with Gasteiger partial charge in [-0.2, -0.15) is 0 Å². The highest BCUT2D eigenvalue weighted by molar-refractivity contribution is 5.86. The quantitative estimate of drug-likeness (QED) is 0.543. The van der Waals surface area contributed by atoms with Gasteiger partial charge in [0.15, 0.2) is 0 Å². The van der Waals surface area contributed by atoms with Gasteiger partial charge in [-0.3, -0.25) is 0 Å². The number of aliphatic carboxylic acids is 1. The van der Waals surface area contributed by atoms with Gasteiger partial charge in [0, 0.05) is 6.54 Å². The number of carbonyl (C=O) groups is 2. The number of nitrogens with two attached hydrogens (primary N) is 1. The van der Waals surface area contributed by atoms with Crippen molar-refractivity contribution >= 4 is 12.0 Å². The van der Waals surface area contributed by atoms with Gasteiger partial charge in [0.2, 0.25) is 0 Å². The fourth-order valence-corrected chi connectivity index (χ4v) is 2.21. The molecular formula is C12H23N3O3. The molecule has 0 spiro atoms. The van der Waals surface area contributed by atoms with Crippen LogP contribution in [-0.2, 0) is 4.79 Å². The average molecular weight is 257 g/mol. The summed E-state index contributed by atoms with van der Waals surface area (Å²) in [4.78, 5) is 23.0. The van der Waals surface area contributed by atoms with Crippen LogP contribution in [0.1, 0.15) is 39.0 Å². The Morgan fingerprint density at radius 1 is 1.39 bits per heavy atom. The summed E-state index contributed by atoms with van der Waals surface area (Å²) in [6, 6.07) is -0.416. The maximum Gasteiger partial charge on any atom is 0.329 e. The van der Waals surface area contributed by atoms with Gasteiger partial charge in [-0.05, 0) is 44.6 Å². The van der Waals surface area contributed by atoms with Gasteiger partial charge in [-0.15, -0.1) is 0 Å². The molecule has 0 unspecified atom stereocenters. The zero-order valence-electron chi connectivity index (χ0n) is 10.9. The lowest BCUT2D eigenvalue weighted by atomic mass is 9.77. The zero-order valence-corrected chi connectivity index (χ0v) is 10.9. The molecule has 1 saturated carbocycles. The SMILES string of the molecule is CC1CCC(NC(=O)NCCCN)(C(=O)O)CC1. The molecule has 1 fully saturated rings. The van der Waals surface area contributed by atoms with E-state index < -0.39 is 17.5 Å². The molecule has 0 heterocycles. The van der Waals surface area contributed by atoms with Gasteiger partial charge in [-0.1, -0.05) is 6.92 Å². The Kier molecular flexibility index (Phi) is 5.40. The highest BCUT2D eigenvalue weighted by Crippen LogP contribution is 2.32. The second kappa shape index (κ2) is 6.58. The van der Waals surface area contributed by atoms with E-state index in [0.717, 1.165) is 12.8 Å². The van der Waals surface area contributed by atoms with Crippen LogP contribution in [0.15, 0.2) is 0 Å². The van der Waals surface area contributed by atoms with Crippen molar-refractivity contribution in [3.8, 4) is 0 Å². The first-order valence-corrected chi connectivity index (χ1v) is 6.49. The average Bonchev–Trinajstić information content (AvgIpc) is 2.32. The number of nitrogens with one attached hydrogen (secondary N) is 2. The molecule has 2 amide bonds. The molecule has 1 aliphatic rings. The van der Waals surface area contributed by atoms with Crippen LogP contribution >= 0.6 is 0 Å². The molecule has 0 atom stereocenters. The van der Waals surface area contributed by atoms with Gasteiger partial charge < -0.3 is 21.5 Å². The molecule has 0 bridgehead atoms. The van der Waals surface area contributed by atoms with Crippen LogP contribution in [0.5, 0.6) is 0 Å². The summed E-state index contributed by atoms with van der Waals surface area (Å²) in [5.41, 5.74) is 4.22. The lowest BCUT2D eigenvalue weighted by Crippen LogP contribution is -2.58. The molecule has 104 valence electrons. The van der Waals surface area contributed by atoms with Crippen LogP contribution in [0.25, 0.3) is 0 Å². The summed E-state index contributed by atoms with van der Waals surface area (Å²) < 4.78 is 0. The predicted molar refractivity (Wildman–Crippen MR) is 68.2 cm³/mol. The normalized spacial score (nSPS) is 27.6. The second-order valence-corrected chi connectivity index (χ2v) is 5.09. The largest absolute Gasteiger partial charge is 0.480 e. The molecule has 0 aromatic heterocycles. The topological polar surface area (TPSA) is 104 Å². The van der Waals surface area contributed by atoms with Gasteiger partial charge in [0.05, 0.1) is 0 Å². The van der Waals surface area contributed by atoms with E-state index in [0.29, 0.717) is 38.3 Å². The van der Waals surface area contributed by atoms with Crippen molar-refractivity contribution in [2.45, 2.75) is 44.6 Å². The summed E-state index contributed by atoms with van der Waals surface area (Å²) in [5.74, 6) is -0.414. The van der Waals surface area contributed by atoms with Crippen molar-refractivity contribution < 1.29 is 14.7 Å². The maximum atomic E-state index is 11.7. The van der Waals surface area contributed by atoms with Crippen molar-refractivity contribution in [3.05, 3.63) is 0 Å². The van der Waals surface area contributed by atoms with E-state index in [1.54, 1.807) is 0 Å². The van der Waals surface area contributed by atoms with Gasteiger partial charge in [-0.25, -0.2) is 9.59 Å². The molecule has 1 aliphatic carbocycles. The number of hydrogen-bond acceptors (Lipinski definition) is 3. The van der Waals surface area contributed by atoms with E-state index >= 15 is 0 Å². The Bertz CT molecular complexity index is 299. The van der Waals surface area contributed by atoms with Crippen molar-refractivity contribution in [2.75, 3.05) is 13.1 Å². The van der Waals surface area contributed by atoms with Crippen LogP contribution in [-0.4, -0.2) is 35.7 Å². The third-order valence-electron chi connectivity index (χ3n) is 3.56. The first-order chi connectivity index (χ1) is 8.50. The van der Waals surface area contributed by atoms with Crippen LogP contribution in [0.3, 0.4) is 0 Å². The molecule has 0 aromatic carbocycles. The van der Waals surface area contributed by atoms with Crippen LogP contribution in [0.2, 0.25) is 0 Å². The number of carboxylic acid groups (broad SMARTS) is 1. The molecule has 6 heteroatoms. The summed E-state index contributed by atoms with van der Waals surface area (Å²) in [6.45, 7) is 3.07. The highest BCUT2D eigenvalue weighted by Gasteiger charge is 2.42. The first-order valence-electron chi connectivity index (χ1n) is 6.49. The van der Waals surface area contributed by atoms with E-state index in [1.807, 2.05) is 0 Å². The molecule has 5 N–H and O–H groups in total. The monoisotopic (exact) mass is 257 g/mol. The molecule has 0 aliphatic heterocycles. The van der Waals surface area contributed by atoms with E-state index in [4.69, 9.17) is 5.73 Å². The molecule has 0 saturated heterocycles. The maximum absolute atomic E-state index is 11.7. The molecule has 6 nitrogen and oxygen atoms in total. The van der Waals surface area contributed by atoms with Crippen LogP contribution in [0, 0.1) is 5.92 Å². The Labute approximate surface area is 107 Å². The Morgan fingerprint density at radius 2 is 2.00 bits per heavy atom. The fraction of sp³-hybridized carbons (Fsp3) is 0.833. The van der Waals surface area contributed by atoms with Crippen molar-refractivity contribution in [2.24, 2.45) is 11.7 Å². The molecule has 0 aromatic rings. The summed E-state index contributed by atoms with van der Waals surface area (Å²) in [5, 5.41) is 14.6. The smallest absolute Gasteiger partial charge is 0.329 e. The van der Waals surface area contributed by atoms with Crippen molar-refractivity contribution in [1.29, 1.82) is 0 Å². The fourth-order valence-electron chi connectivity index (χ4n) is 2.21. The first kappa shape index (κ1) is 14.8. The van der Waals surface area contributed by atoms with Crippen molar-refractivity contribution in [3.63, 3.8) is 0 Å². The van der Waals surface area contributed by atoms with Crippen LogP contribution in [0.4, 0.5) is 4.79 Å². The number of amides is 2. The predicted octanol–water partition coefficient (Wildman–Crippen LogP) is 0.668. The van der Waals surface area contributed by atoms with E-state index in [2.05, 4.69) is 17.6 Å². The molecule has 0 radical (unpaired) electrons. The lowest BCUT2D eigenvalue weighted by Gasteiger charge is -2.36. The standard InChI is InChI=1S/C12H23N3O3/c1-9-3-5-12(6-4-9,10(16)17)15-11(18)14-8-2-7-13/h9H,2-8,13H2,1H3,(H,16,17)(H2,14,15,18). The second-order valence-electron chi connectivity index (χ2n) is 5.09. The number of hydrogen-bond donors (Lipinski definition) is 4. The summed E-state index contributed by atoms with van der Waals surface area (Å²) >= 11 is 0. The third kappa shape index (κ3) is 3.87. The highest BCUT2D eigenvalue weighted by atomic mass is 16.4. The summed E-state index contributed by atoms with van der Waals surface area (Å²) in [7, 11) is 0. The van der Waals surface area contributed by atoms with Gasteiger partial charge in [0.25, 0.3) is 0 Å². The Morgan fingerprint density at radius 3 is 2.50 bits per heavy atom. The Hall–Kier alpha value is -1.30.